The molecule has 2 amide bonds. The monoisotopic (exact) mass is 416 g/mol. The number of carbonyl (C=O) groups is 2. The molecule has 2 N–H and O–H groups in total. The average Bonchev–Trinajstić information content (AvgIpc) is 3.12. The van der Waals surface area contributed by atoms with Gasteiger partial charge in [-0.1, -0.05) is 48.3 Å². The average molecular weight is 417 g/mol. The summed E-state index contributed by atoms with van der Waals surface area (Å²) >= 11 is 11.9. The topological polar surface area (TPSA) is 76.0 Å². The predicted molar refractivity (Wildman–Crippen MR) is 109 cm³/mol. The quantitative estimate of drug-likeness (QED) is 0.621. The van der Waals surface area contributed by atoms with E-state index in [1.807, 2.05) is 19.1 Å². The van der Waals surface area contributed by atoms with Crippen LogP contribution in [-0.2, 0) is 17.6 Å². The van der Waals surface area contributed by atoms with Gasteiger partial charge in [0.2, 0.25) is 5.91 Å². The molecule has 1 heterocycles. The zero-order valence-corrected chi connectivity index (χ0v) is 16.6. The number of hydrogen-bond acceptors (Lipinski definition) is 3. The normalized spacial score (nSPS) is 10.5. The van der Waals surface area contributed by atoms with Crippen LogP contribution in [0.15, 0.2) is 54.7 Å². The molecule has 0 bridgehead atoms. The first kappa shape index (κ1) is 19.9. The number of aromatic nitrogens is 2. The number of nitrogens with zero attached hydrogens (tertiary/aromatic N) is 2. The van der Waals surface area contributed by atoms with Gasteiger partial charge in [0.15, 0.2) is 0 Å². The summed E-state index contributed by atoms with van der Waals surface area (Å²) in [7, 11) is 0. The molecule has 2 aromatic carbocycles. The van der Waals surface area contributed by atoms with Crippen molar-refractivity contribution in [1.82, 2.24) is 20.6 Å². The maximum atomic E-state index is 12.5. The van der Waals surface area contributed by atoms with Gasteiger partial charge in [-0.2, -0.15) is 5.10 Å². The molecule has 0 unspecified atom stereocenters. The van der Waals surface area contributed by atoms with Crippen molar-refractivity contribution in [3.8, 4) is 5.69 Å². The molecule has 28 heavy (non-hydrogen) atoms. The first-order valence-corrected chi connectivity index (χ1v) is 9.40. The van der Waals surface area contributed by atoms with Gasteiger partial charge in [0.05, 0.1) is 29.6 Å². The Balaban J connectivity index is 1.67. The highest BCUT2D eigenvalue weighted by atomic mass is 35.5. The van der Waals surface area contributed by atoms with Crippen LogP contribution >= 0.6 is 23.2 Å². The third kappa shape index (κ3) is 4.71. The van der Waals surface area contributed by atoms with Gasteiger partial charge in [-0.25, -0.2) is 4.68 Å². The van der Waals surface area contributed by atoms with E-state index in [1.165, 1.54) is 6.20 Å². The van der Waals surface area contributed by atoms with Crippen LogP contribution in [0.4, 0.5) is 0 Å². The van der Waals surface area contributed by atoms with Gasteiger partial charge in [0.25, 0.3) is 5.91 Å². The summed E-state index contributed by atoms with van der Waals surface area (Å²) in [6.07, 6.45) is 2.17. The van der Waals surface area contributed by atoms with E-state index in [1.54, 1.807) is 41.1 Å². The van der Waals surface area contributed by atoms with E-state index in [-0.39, 0.29) is 12.3 Å². The molecule has 0 aliphatic heterocycles. The third-order valence-electron chi connectivity index (χ3n) is 4.09. The van der Waals surface area contributed by atoms with Gasteiger partial charge in [-0.3, -0.25) is 20.4 Å². The summed E-state index contributed by atoms with van der Waals surface area (Å²) in [6, 6.07) is 14.1. The second-order valence-electron chi connectivity index (χ2n) is 6.06. The van der Waals surface area contributed by atoms with E-state index in [9.17, 15) is 9.59 Å². The number of halogens is 2. The second kappa shape index (κ2) is 8.91. The Morgan fingerprint density at radius 3 is 2.46 bits per heavy atom. The summed E-state index contributed by atoms with van der Waals surface area (Å²) in [4.78, 5) is 24.6. The van der Waals surface area contributed by atoms with Crippen molar-refractivity contribution in [1.29, 1.82) is 0 Å². The van der Waals surface area contributed by atoms with Gasteiger partial charge < -0.3 is 0 Å². The Hall–Kier alpha value is -2.83. The largest absolute Gasteiger partial charge is 0.273 e. The molecule has 0 radical (unpaired) electrons. The smallest absolute Gasteiger partial charge is 0.273 e. The lowest BCUT2D eigenvalue weighted by Gasteiger charge is -2.10. The maximum absolute atomic E-state index is 12.5. The van der Waals surface area contributed by atoms with Crippen LogP contribution in [0.5, 0.6) is 0 Å². The maximum Gasteiger partial charge on any atom is 0.273 e. The summed E-state index contributed by atoms with van der Waals surface area (Å²) in [5.41, 5.74) is 7.51. The summed E-state index contributed by atoms with van der Waals surface area (Å²) in [6.45, 7) is 1.92. The molecular formula is C20H18Cl2N4O2. The van der Waals surface area contributed by atoms with E-state index < -0.39 is 5.91 Å². The number of rotatable bonds is 5. The number of amides is 2. The van der Waals surface area contributed by atoms with E-state index in [0.29, 0.717) is 27.7 Å². The van der Waals surface area contributed by atoms with Gasteiger partial charge in [0, 0.05) is 10.0 Å². The number of hydrazine groups is 1. The van der Waals surface area contributed by atoms with Crippen LogP contribution < -0.4 is 10.9 Å². The Labute approximate surface area is 172 Å². The minimum absolute atomic E-state index is 0.125. The van der Waals surface area contributed by atoms with Crippen LogP contribution in [-0.4, -0.2) is 21.6 Å². The Morgan fingerprint density at radius 2 is 1.79 bits per heavy atom. The molecule has 0 saturated heterocycles. The lowest BCUT2D eigenvalue weighted by Crippen LogP contribution is -2.42. The lowest BCUT2D eigenvalue weighted by atomic mass is 10.1. The van der Waals surface area contributed by atoms with Gasteiger partial charge in [-0.05, 0) is 42.3 Å². The van der Waals surface area contributed by atoms with E-state index in [0.717, 1.165) is 11.3 Å². The number of carbonyl (C=O) groups excluding carboxylic acids is 2. The highest BCUT2D eigenvalue weighted by Gasteiger charge is 2.18. The van der Waals surface area contributed by atoms with Crippen LogP contribution in [0, 0.1) is 0 Å². The van der Waals surface area contributed by atoms with Crippen LogP contribution in [0.25, 0.3) is 5.69 Å². The summed E-state index contributed by atoms with van der Waals surface area (Å²) in [5.74, 6) is -0.773. The molecule has 0 aliphatic rings. The highest BCUT2D eigenvalue weighted by Crippen LogP contribution is 2.19. The molecule has 3 rings (SSSR count). The number of hydrogen-bond donors (Lipinski definition) is 2. The molecule has 144 valence electrons. The van der Waals surface area contributed by atoms with E-state index in [4.69, 9.17) is 23.2 Å². The van der Waals surface area contributed by atoms with Crippen molar-refractivity contribution in [2.45, 2.75) is 19.8 Å². The molecule has 0 fully saturated rings. The highest BCUT2D eigenvalue weighted by molar-refractivity contribution is 6.31. The zero-order valence-electron chi connectivity index (χ0n) is 15.1. The van der Waals surface area contributed by atoms with Crippen LogP contribution in [0.2, 0.25) is 10.0 Å². The summed E-state index contributed by atoms with van der Waals surface area (Å²) < 4.78 is 1.66. The van der Waals surface area contributed by atoms with E-state index in [2.05, 4.69) is 16.0 Å². The fourth-order valence-electron chi connectivity index (χ4n) is 2.76. The van der Waals surface area contributed by atoms with Gasteiger partial charge >= 0.3 is 0 Å². The Morgan fingerprint density at radius 1 is 1.04 bits per heavy atom. The fraction of sp³-hybridized carbons (Fsp3) is 0.150. The molecule has 0 spiro atoms. The molecule has 0 saturated carbocycles. The van der Waals surface area contributed by atoms with Gasteiger partial charge in [0.1, 0.15) is 0 Å². The molecule has 0 aliphatic carbocycles. The van der Waals surface area contributed by atoms with Crippen molar-refractivity contribution >= 4 is 35.0 Å². The van der Waals surface area contributed by atoms with Crippen molar-refractivity contribution < 1.29 is 9.59 Å². The molecule has 6 nitrogen and oxygen atoms in total. The van der Waals surface area contributed by atoms with Crippen LogP contribution in [0.1, 0.15) is 28.5 Å². The van der Waals surface area contributed by atoms with Crippen molar-refractivity contribution in [3.05, 3.63) is 81.6 Å². The summed E-state index contributed by atoms with van der Waals surface area (Å²) in [5, 5.41) is 5.47. The SMILES string of the molecule is CCc1c(C(=O)NNC(=O)Cc2ccc(Cl)cc2)cnn1-c1cccc(Cl)c1. The van der Waals surface area contributed by atoms with Crippen molar-refractivity contribution in [2.24, 2.45) is 0 Å². The first-order chi connectivity index (χ1) is 13.5. The molecule has 0 atom stereocenters. The molecule has 1 aromatic heterocycles. The van der Waals surface area contributed by atoms with Crippen LogP contribution in [0.3, 0.4) is 0 Å². The third-order valence-corrected chi connectivity index (χ3v) is 4.58. The molecule has 8 heteroatoms. The van der Waals surface area contributed by atoms with Crippen molar-refractivity contribution in [2.75, 3.05) is 0 Å². The zero-order chi connectivity index (χ0) is 20.1. The number of nitrogens with one attached hydrogen (secondary N) is 2. The van der Waals surface area contributed by atoms with E-state index >= 15 is 0 Å². The Bertz CT molecular complexity index is 1000. The molecule has 3 aromatic rings. The fourth-order valence-corrected chi connectivity index (χ4v) is 3.07. The lowest BCUT2D eigenvalue weighted by molar-refractivity contribution is -0.121. The predicted octanol–water partition coefficient (Wildman–Crippen LogP) is 3.75. The van der Waals surface area contributed by atoms with Crippen molar-refractivity contribution in [3.63, 3.8) is 0 Å². The minimum atomic E-state index is -0.436. The number of benzene rings is 2. The second-order valence-corrected chi connectivity index (χ2v) is 6.93. The minimum Gasteiger partial charge on any atom is -0.273 e. The molecular weight excluding hydrogens is 399 g/mol. The standard InChI is InChI=1S/C20H18Cl2N4O2/c1-2-18-17(12-23-26(18)16-5-3-4-15(22)11-16)20(28)25-24-19(27)10-13-6-8-14(21)9-7-13/h3-9,11-12H,2,10H2,1H3,(H,24,27)(H,25,28). The Kier molecular flexibility index (Phi) is 6.34. The van der Waals surface area contributed by atoms with Gasteiger partial charge in [-0.15, -0.1) is 0 Å². The first-order valence-electron chi connectivity index (χ1n) is 8.64.